The lowest BCUT2D eigenvalue weighted by Crippen LogP contribution is -2.24. The second-order valence-corrected chi connectivity index (χ2v) is 3.14. The molecule has 0 aliphatic carbocycles. The van der Waals surface area contributed by atoms with Crippen LogP contribution in [0.2, 0.25) is 0 Å². The third-order valence-electron chi connectivity index (χ3n) is 2.02. The molecule has 1 aromatic rings. The molecule has 0 bridgehead atoms. The third kappa shape index (κ3) is 2.58. The van der Waals surface area contributed by atoms with Crippen LogP contribution in [-0.4, -0.2) is 17.4 Å². The summed E-state index contributed by atoms with van der Waals surface area (Å²) in [6, 6.07) is 4.06. The molecule has 0 heterocycles. The molecule has 82 valence electrons. The van der Waals surface area contributed by atoms with Crippen molar-refractivity contribution >= 4 is 11.6 Å². The first-order chi connectivity index (χ1) is 7.56. The number of nitro groups is 1. The van der Waals surface area contributed by atoms with Crippen LogP contribution in [0.25, 0.3) is 0 Å². The number of amides is 1. The molecule has 1 amide bonds. The van der Waals surface area contributed by atoms with Gasteiger partial charge in [0.15, 0.2) is 0 Å². The van der Waals surface area contributed by atoms with E-state index in [1.807, 2.05) is 0 Å². The number of nitrogens with zero attached hydrogens (tertiary/aromatic N) is 1. The van der Waals surface area contributed by atoms with Crippen LogP contribution in [0.3, 0.4) is 0 Å². The average molecular weight is 218 g/mol. The van der Waals surface area contributed by atoms with Gasteiger partial charge in [-0.15, -0.1) is 6.42 Å². The van der Waals surface area contributed by atoms with E-state index in [9.17, 15) is 14.9 Å². The largest absolute Gasteiger partial charge is 0.341 e. The van der Waals surface area contributed by atoms with Gasteiger partial charge in [-0.1, -0.05) is 5.92 Å². The van der Waals surface area contributed by atoms with Gasteiger partial charge < -0.3 is 5.32 Å². The van der Waals surface area contributed by atoms with Crippen molar-refractivity contribution in [2.45, 2.75) is 6.92 Å². The Labute approximate surface area is 92.6 Å². The second kappa shape index (κ2) is 4.94. The van der Waals surface area contributed by atoms with Crippen molar-refractivity contribution in [3.05, 3.63) is 39.4 Å². The molecule has 5 heteroatoms. The van der Waals surface area contributed by atoms with E-state index in [0.29, 0.717) is 11.1 Å². The lowest BCUT2D eigenvalue weighted by molar-refractivity contribution is -0.384. The van der Waals surface area contributed by atoms with Crippen LogP contribution in [0.1, 0.15) is 15.9 Å². The summed E-state index contributed by atoms with van der Waals surface area (Å²) in [7, 11) is 0. The van der Waals surface area contributed by atoms with Gasteiger partial charge in [0.25, 0.3) is 11.6 Å². The van der Waals surface area contributed by atoms with Crippen molar-refractivity contribution in [1.29, 1.82) is 0 Å². The maximum absolute atomic E-state index is 11.5. The Morgan fingerprint density at radius 2 is 2.31 bits per heavy atom. The van der Waals surface area contributed by atoms with E-state index < -0.39 is 4.92 Å². The first-order valence-corrected chi connectivity index (χ1v) is 4.53. The number of non-ortho nitro benzene ring substituents is 1. The highest BCUT2D eigenvalue weighted by atomic mass is 16.6. The molecule has 16 heavy (non-hydrogen) atoms. The molecule has 0 spiro atoms. The molecule has 0 unspecified atom stereocenters. The summed E-state index contributed by atoms with van der Waals surface area (Å²) in [5, 5.41) is 13.0. The summed E-state index contributed by atoms with van der Waals surface area (Å²) < 4.78 is 0. The predicted molar refractivity (Wildman–Crippen MR) is 59.0 cm³/mol. The van der Waals surface area contributed by atoms with E-state index in [0.717, 1.165) is 0 Å². The first kappa shape index (κ1) is 11.7. The second-order valence-electron chi connectivity index (χ2n) is 3.14. The number of carbonyl (C=O) groups excluding carboxylic acids is 1. The summed E-state index contributed by atoms with van der Waals surface area (Å²) in [4.78, 5) is 21.5. The van der Waals surface area contributed by atoms with Crippen LogP contribution in [0.4, 0.5) is 5.69 Å². The Kier molecular flexibility index (Phi) is 3.62. The summed E-state index contributed by atoms with van der Waals surface area (Å²) >= 11 is 0. The zero-order valence-corrected chi connectivity index (χ0v) is 8.69. The fourth-order valence-electron chi connectivity index (χ4n) is 1.24. The molecule has 5 nitrogen and oxygen atoms in total. The average Bonchev–Trinajstić information content (AvgIpc) is 2.25. The van der Waals surface area contributed by atoms with Crippen LogP contribution in [0.5, 0.6) is 0 Å². The number of hydrogen-bond donors (Lipinski definition) is 1. The lowest BCUT2D eigenvalue weighted by atomic mass is 10.1. The van der Waals surface area contributed by atoms with E-state index in [-0.39, 0.29) is 18.1 Å². The maximum atomic E-state index is 11.5. The number of benzene rings is 1. The van der Waals surface area contributed by atoms with Crippen LogP contribution in [-0.2, 0) is 0 Å². The van der Waals surface area contributed by atoms with Crippen LogP contribution in [0, 0.1) is 29.4 Å². The minimum Gasteiger partial charge on any atom is -0.341 e. The number of carbonyl (C=O) groups is 1. The molecule has 0 saturated carbocycles. The van der Waals surface area contributed by atoms with Gasteiger partial charge in [-0.3, -0.25) is 14.9 Å². The molecular formula is C11H10N2O3. The Hall–Kier alpha value is -2.35. The minimum atomic E-state index is -0.504. The molecule has 0 atom stereocenters. The molecule has 1 N–H and O–H groups in total. The van der Waals surface area contributed by atoms with Crippen molar-refractivity contribution < 1.29 is 9.72 Å². The Balaban J connectivity index is 2.95. The third-order valence-corrected chi connectivity index (χ3v) is 2.02. The molecular weight excluding hydrogens is 208 g/mol. The predicted octanol–water partition coefficient (Wildman–Crippen LogP) is 1.27. The van der Waals surface area contributed by atoms with Crippen molar-refractivity contribution in [3.63, 3.8) is 0 Å². The highest BCUT2D eigenvalue weighted by Gasteiger charge is 2.12. The van der Waals surface area contributed by atoms with E-state index >= 15 is 0 Å². The van der Waals surface area contributed by atoms with Crippen LogP contribution >= 0.6 is 0 Å². The Morgan fingerprint density at radius 1 is 1.62 bits per heavy atom. The normalized spacial score (nSPS) is 9.25. The van der Waals surface area contributed by atoms with Gasteiger partial charge in [0, 0.05) is 17.7 Å². The maximum Gasteiger partial charge on any atom is 0.269 e. The standard InChI is InChI=1S/C11H10N2O3/c1-3-6-12-11(14)10-5-4-9(13(15)16)7-8(10)2/h1,4-5,7H,6H2,2H3,(H,12,14). The van der Waals surface area contributed by atoms with Crippen LogP contribution in [0.15, 0.2) is 18.2 Å². The zero-order valence-electron chi connectivity index (χ0n) is 8.69. The number of nitrogens with one attached hydrogen (secondary N) is 1. The summed E-state index contributed by atoms with van der Waals surface area (Å²) in [6.07, 6.45) is 5.00. The van der Waals surface area contributed by atoms with Crippen molar-refractivity contribution in [1.82, 2.24) is 5.32 Å². The number of hydrogen-bond acceptors (Lipinski definition) is 3. The molecule has 1 aromatic carbocycles. The summed E-state index contributed by atoms with van der Waals surface area (Å²) in [5.41, 5.74) is 0.899. The molecule has 0 radical (unpaired) electrons. The zero-order chi connectivity index (χ0) is 12.1. The fourth-order valence-corrected chi connectivity index (χ4v) is 1.24. The summed E-state index contributed by atoms with van der Waals surface area (Å²) in [6.45, 7) is 1.77. The van der Waals surface area contributed by atoms with E-state index in [2.05, 4.69) is 11.2 Å². The van der Waals surface area contributed by atoms with Gasteiger partial charge in [0.05, 0.1) is 11.5 Å². The highest BCUT2D eigenvalue weighted by Crippen LogP contribution is 2.16. The number of aryl methyl sites for hydroxylation is 1. The minimum absolute atomic E-state index is 0.0361. The molecule has 0 fully saturated rings. The fraction of sp³-hybridized carbons (Fsp3) is 0.182. The summed E-state index contributed by atoms with van der Waals surface area (Å²) in [5.74, 6) is 1.95. The molecule has 0 aliphatic rings. The topological polar surface area (TPSA) is 72.2 Å². The van der Waals surface area contributed by atoms with Gasteiger partial charge in [-0.2, -0.15) is 0 Å². The van der Waals surface area contributed by atoms with E-state index in [1.165, 1.54) is 18.2 Å². The van der Waals surface area contributed by atoms with Crippen molar-refractivity contribution in [2.75, 3.05) is 6.54 Å². The van der Waals surface area contributed by atoms with Gasteiger partial charge in [0.2, 0.25) is 0 Å². The van der Waals surface area contributed by atoms with Gasteiger partial charge >= 0.3 is 0 Å². The quantitative estimate of drug-likeness (QED) is 0.471. The van der Waals surface area contributed by atoms with Crippen LogP contribution < -0.4 is 5.32 Å². The smallest absolute Gasteiger partial charge is 0.269 e. The highest BCUT2D eigenvalue weighted by molar-refractivity contribution is 5.96. The molecule has 0 saturated heterocycles. The SMILES string of the molecule is C#CCNC(=O)c1ccc([N+](=O)[O-])cc1C. The van der Waals surface area contributed by atoms with Crippen molar-refractivity contribution in [2.24, 2.45) is 0 Å². The lowest BCUT2D eigenvalue weighted by Gasteiger charge is -2.04. The molecule has 1 rings (SSSR count). The van der Waals surface area contributed by atoms with Crippen molar-refractivity contribution in [3.8, 4) is 12.3 Å². The molecule has 0 aromatic heterocycles. The van der Waals surface area contributed by atoms with E-state index in [4.69, 9.17) is 6.42 Å². The van der Waals surface area contributed by atoms with Gasteiger partial charge in [0.1, 0.15) is 0 Å². The van der Waals surface area contributed by atoms with Gasteiger partial charge in [-0.25, -0.2) is 0 Å². The van der Waals surface area contributed by atoms with E-state index in [1.54, 1.807) is 6.92 Å². The Morgan fingerprint density at radius 3 is 2.81 bits per heavy atom. The molecule has 0 aliphatic heterocycles. The monoisotopic (exact) mass is 218 g/mol. The first-order valence-electron chi connectivity index (χ1n) is 4.53. The number of nitro benzene ring substituents is 1. The number of terminal acetylenes is 1. The Bertz CT molecular complexity index is 475. The van der Waals surface area contributed by atoms with Gasteiger partial charge in [-0.05, 0) is 18.6 Å². The number of rotatable bonds is 3.